The molecule has 0 spiro atoms. The van der Waals surface area contributed by atoms with E-state index in [1.807, 2.05) is 35.9 Å². The lowest BCUT2D eigenvalue weighted by Crippen LogP contribution is -2.29. The molecule has 1 aliphatic rings. The summed E-state index contributed by atoms with van der Waals surface area (Å²) < 4.78 is 7.16. The van der Waals surface area contributed by atoms with Crippen LogP contribution >= 0.6 is 0 Å². The van der Waals surface area contributed by atoms with E-state index in [0.29, 0.717) is 5.82 Å². The molecule has 90 valence electrons. The summed E-state index contributed by atoms with van der Waals surface area (Å²) in [6, 6.07) is 7.85. The molecule has 1 aromatic heterocycles. The maximum atomic E-state index is 5.89. The third kappa shape index (κ3) is 1.37. The molecule has 0 radical (unpaired) electrons. The number of anilines is 1. The van der Waals surface area contributed by atoms with E-state index in [2.05, 4.69) is 9.97 Å². The van der Waals surface area contributed by atoms with Crippen molar-refractivity contribution in [2.45, 2.75) is 0 Å². The van der Waals surface area contributed by atoms with E-state index in [1.165, 1.54) is 6.33 Å². The zero-order chi connectivity index (χ0) is 12.7. The molecule has 0 saturated carbocycles. The van der Waals surface area contributed by atoms with Crippen molar-refractivity contribution in [3.05, 3.63) is 41.7 Å². The second kappa shape index (κ2) is 3.80. The summed E-state index contributed by atoms with van der Waals surface area (Å²) in [5.41, 5.74) is 8.94. The Labute approximate surface area is 105 Å². The predicted octanol–water partition coefficient (Wildman–Crippen LogP) is 1.19. The highest BCUT2D eigenvalue weighted by Crippen LogP contribution is 2.32. The summed E-state index contributed by atoms with van der Waals surface area (Å²) in [7, 11) is 3.62. The molecule has 3 rings (SSSR count). The van der Waals surface area contributed by atoms with Crippen LogP contribution in [-0.4, -0.2) is 34.4 Å². The predicted molar refractivity (Wildman–Crippen MR) is 68.5 cm³/mol. The van der Waals surface area contributed by atoms with E-state index in [0.717, 1.165) is 28.4 Å². The SMILES string of the molecule is COc1ccc(C2=[N+](C)c3ncnc(N)c32)cc1. The highest BCUT2D eigenvalue weighted by Gasteiger charge is 2.36. The molecule has 1 aromatic carbocycles. The van der Waals surface area contributed by atoms with Gasteiger partial charge in [-0.05, 0) is 29.2 Å². The van der Waals surface area contributed by atoms with Crippen LogP contribution in [0.4, 0.5) is 11.6 Å². The van der Waals surface area contributed by atoms with E-state index in [4.69, 9.17) is 10.5 Å². The van der Waals surface area contributed by atoms with Crippen LogP contribution in [0.5, 0.6) is 5.75 Å². The van der Waals surface area contributed by atoms with Gasteiger partial charge in [0.1, 0.15) is 11.6 Å². The fraction of sp³-hybridized carbons (Fsp3) is 0.154. The summed E-state index contributed by atoms with van der Waals surface area (Å²) in [5.74, 6) is 2.22. The number of fused-ring (bicyclic) bond motifs is 1. The molecule has 0 bridgehead atoms. The largest absolute Gasteiger partial charge is 0.497 e. The summed E-state index contributed by atoms with van der Waals surface area (Å²) in [6.07, 6.45) is 1.48. The number of ether oxygens (including phenoxy) is 1. The number of nitrogens with zero attached hydrogens (tertiary/aromatic N) is 3. The zero-order valence-electron chi connectivity index (χ0n) is 10.2. The first kappa shape index (κ1) is 10.7. The van der Waals surface area contributed by atoms with Crippen LogP contribution in [0, 0.1) is 0 Å². The first-order chi connectivity index (χ1) is 8.72. The van der Waals surface area contributed by atoms with Crippen LogP contribution in [0.25, 0.3) is 0 Å². The molecule has 0 aliphatic carbocycles. The van der Waals surface area contributed by atoms with Gasteiger partial charge < -0.3 is 10.5 Å². The molecule has 2 aromatic rings. The number of benzene rings is 1. The van der Waals surface area contributed by atoms with Gasteiger partial charge in [-0.15, -0.1) is 0 Å². The molecule has 0 amide bonds. The van der Waals surface area contributed by atoms with Crippen LogP contribution in [0.15, 0.2) is 30.6 Å². The lowest BCUT2D eigenvalue weighted by Gasteiger charge is -2.19. The van der Waals surface area contributed by atoms with Gasteiger partial charge in [-0.2, -0.15) is 4.98 Å². The topological polar surface area (TPSA) is 64.0 Å². The molecule has 2 heterocycles. The molecule has 0 fully saturated rings. The number of hydrogen-bond acceptors (Lipinski definition) is 4. The number of rotatable bonds is 2. The summed E-state index contributed by atoms with van der Waals surface area (Å²) in [4.78, 5) is 8.24. The van der Waals surface area contributed by atoms with Gasteiger partial charge in [-0.3, -0.25) is 0 Å². The van der Waals surface area contributed by atoms with Gasteiger partial charge in [0.2, 0.25) is 6.33 Å². The van der Waals surface area contributed by atoms with Crippen molar-refractivity contribution in [1.82, 2.24) is 9.97 Å². The van der Waals surface area contributed by atoms with E-state index in [1.54, 1.807) is 7.11 Å². The summed E-state index contributed by atoms with van der Waals surface area (Å²) >= 11 is 0. The number of hydrogen-bond donors (Lipinski definition) is 1. The second-order valence-corrected chi connectivity index (χ2v) is 4.09. The highest BCUT2D eigenvalue weighted by molar-refractivity contribution is 6.18. The van der Waals surface area contributed by atoms with Crippen LogP contribution in [0.2, 0.25) is 0 Å². The Morgan fingerprint density at radius 2 is 1.89 bits per heavy atom. The van der Waals surface area contributed by atoms with Gasteiger partial charge in [0.05, 0.1) is 14.2 Å². The van der Waals surface area contributed by atoms with Crippen LogP contribution < -0.4 is 10.5 Å². The molecule has 0 atom stereocenters. The zero-order valence-corrected chi connectivity index (χ0v) is 10.2. The van der Waals surface area contributed by atoms with Gasteiger partial charge in [0.25, 0.3) is 0 Å². The third-order valence-corrected chi connectivity index (χ3v) is 3.11. The average molecular weight is 241 g/mol. The lowest BCUT2D eigenvalue weighted by molar-refractivity contribution is -0.421. The smallest absolute Gasteiger partial charge is 0.340 e. The van der Waals surface area contributed by atoms with Crippen molar-refractivity contribution in [2.75, 3.05) is 19.9 Å². The fourth-order valence-corrected chi connectivity index (χ4v) is 2.18. The standard InChI is InChI=1S/C13H12N4O/c1-17-11(8-3-5-9(18-2)6-4-8)10-12(14)15-7-16-13(10)17/h3-7,14H,1-2H3/p+1. The molecule has 18 heavy (non-hydrogen) atoms. The Kier molecular flexibility index (Phi) is 2.26. The Balaban J connectivity index is 2.08. The number of methoxy groups -OCH3 is 1. The third-order valence-electron chi connectivity index (χ3n) is 3.11. The van der Waals surface area contributed by atoms with Crippen LogP contribution in [-0.2, 0) is 0 Å². The second-order valence-electron chi connectivity index (χ2n) is 4.09. The molecule has 1 aliphatic heterocycles. The van der Waals surface area contributed by atoms with Crippen molar-refractivity contribution in [1.29, 1.82) is 0 Å². The lowest BCUT2D eigenvalue weighted by atomic mass is 9.97. The van der Waals surface area contributed by atoms with Crippen molar-refractivity contribution >= 4 is 17.3 Å². The summed E-state index contributed by atoms with van der Waals surface area (Å²) in [5, 5.41) is 0. The van der Waals surface area contributed by atoms with Gasteiger partial charge in [-0.25, -0.2) is 4.58 Å². The Morgan fingerprint density at radius 1 is 1.17 bits per heavy atom. The maximum absolute atomic E-state index is 5.89. The molecular weight excluding hydrogens is 228 g/mol. The summed E-state index contributed by atoms with van der Waals surface area (Å²) in [6.45, 7) is 0. The minimum absolute atomic E-state index is 0.518. The van der Waals surface area contributed by atoms with Crippen molar-refractivity contribution in [2.24, 2.45) is 0 Å². The minimum atomic E-state index is 0.518. The van der Waals surface area contributed by atoms with E-state index >= 15 is 0 Å². The van der Waals surface area contributed by atoms with Gasteiger partial charge in [0.15, 0.2) is 11.3 Å². The molecule has 0 saturated heterocycles. The number of aromatic nitrogens is 2. The van der Waals surface area contributed by atoms with E-state index in [-0.39, 0.29) is 0 Å². The van der Waals surface area contributed by atoms with Gasteiger partial charge >= 0.3 is 5.82 Å². The molecule has 5 heteroatoms. The number of nitrogen functional groups attached to an aromatic ring is 1. The van der Waals surface area contributed by atoms with E-state index < -0.39 is 0 Å². The Hall–Kier alpha value is -2.43. The fourth-order valence-electron chi connectivity index (χ4n) is 2.18. The molecule has 5 nitrogen and oxygen atoms in total. The van der Waals surface area contributed by atoms with Crippen LogP contribution in [0.3, 0.4) is 0 Å². The first-order valence-electron chi connectivity index (χ1n) is 5.58. The van der Waals surface area contributed by atoms with Crippen molar-refractivity contribution in [3.63, 3.8) is 0 Å². The Morgan fingerprint density at radius 3 is 2.56 bits per heavy atom. The van der Waals surface area contributed by atoms with Crippen LogP contribution in [0.1, 0.15) is 11.1 Å². The van der Waals surface area contributed by atoms with Gasteiger partial charge in [-0.1, -0.05) is 0 Å². The normalized spacial score (nSPS) is 13.0. The molecule has 0 unspecified atom stereocenters. The number of nitrogens with two attached hydrogens (primary N) is 1. The molecule has 2 N–H and O–H groups in total. The quantitative estimate of drug-likeness (QED) is 0.802. The highest BCUT2D eigenvalue weighted by atomic mass is 16.5. The monoisotopic (exact) mass is 241 g/mol. The Bertz CT molecular complexity index is 647. The van der Waals surface area contributed by atoms with E-state index in [9.17, 15) is 0 Å². The minimum Gasteiger partial charge on any atom is -0.497 e. The molecular formula is C13H13N4O+. The van der Waals surface area contributed by atoms with Crippen molar-refractivity contribution < 1.29 is 9.31 Å². The average Bonchev–Trinajstić information content (AvgIpc) is 2.40. The maximum Gasteiger partial charge on any atom is 0.340 e. The first-order valence-corrected chi connectivity index (χ1v) is 5.58. The van der Waals surface area contributed by atoms with Crippen molar-refractivity contribution in [3.8, 4) is 5.75 Å². The van der Waals surface area contributed by atoms with Gasteiger partial charge in [0, 0.05) is 5.56 Å².